The van der Waals surface area contributed by atoms with Gasteiger partial charge >= 0.3 is 0 Å². The monoisotopic (exact) mass is 201 g/mol. The molecule has 4 nitrogen and oxygen atoms in total. The van der Waals surface area contributed by atoms with E-state index in [9.17, 15) is 0 Å². The van der Waals surface area contributed by atoms with Crippen molar-refractivity contribution in [2.75, 3.05) is 0 Å². The minimum absolute atomic E-state index is 0.0728. The van der Waals surface area contributed by atoms with Crippen molar-refractivity contribution in [2.45, 2.75) is 13.5 Å². The molecule has 0 saturated carbocycles. The summed E-state index contributed by atoms with van der Waals surface area (Å²) in [7, 11) is 0. The number of pyridine rings is 1. The zero-order valence-electron chi connectivity index (χ0n) is 8.38. The third kappa shape index (κ3) is 2.16. The molecule has 0 aliphatic heterocycles. The minimum atomic E-state index is -0.0728. The highest BCUT2D eigenvalue weighted by Crippen LogP contribution is 2.13. The fraction of sp³-hybridized carbons (Fsp3) is 0.182. The lowest BCUT2D eigenvalue weighted by Gasteiger charge is -2.03. The van der Waals surface area contributed by atoms with Gasteiger partial charge in [-0.2, -0.15) is 0 Å². The number of hydrogen-bond donors (Lipinski definition) is 1. The normalized spacial score (nSPS) is 10.3. The molecule has 0 spiro atoms. The van der Waals surface area contributed by atoms with Gasteiger partial charge in [0.05, 0.1) is 12.3 Å². The number of hydrogen-bond acceptors (Lipinski definition) is 4. The highest BCUT2D eigenvalue weighted by Gasteiger charge is 2.03. The number of nitrogens with zero attached hydrogens (tertiary/aromatic N) is 3. The standard InChI is InChI=1S/C11H11N3O/c1-8-5-10(7-15)14-11(13-8)9-3-2-4-12-6-9/h2-6,15H,7H2,1H3. The van der Waals surface area contributed by atoms with Crippen molar-refractivity contribution in [3.8, 4) is 11.4 Å². The van der Waals surface area contributed by atoms with Crippen LogP contribution in [-0.2, 0) is 6.61 Å². The Morgan fingerprint density at radius 3 is 2.87 bits per heavy atom. The maximum Gasteiger partial charge on any atom is 0.161 e. The van der Waals surface area contributed by atoms with Gasteiger partial charge in [-0.1, -0.05) is 0 Å². The largest absolute Gasteiger partial charge is 0.390 e. The van der Waals surface area contributed by atoms with E-state index in [0.29, 0.717) is 11.5 Å². The molecule has 76 valence electrons. The summed E-state index contributed by atoms with van der Waals surface area (Å²) >= 11 is 0. The maximum atomic E-state index is 9.03. The summed E-state index contributed by atoms with van der Waals surface area (Å²) < 4.78 is 0. The summed E-state index contributed by atoms with van der Waals surface area (Å²) in [5.41, 5.74) is 2.32. The van der Waals surface area contributed by atoms with Gasteiger partial charge in [0, 0.05) is 23.7 Å². The average Bonchev–Trinajstić information content (AvgIpc) is 2.29. The molecule has 2 heterocycles. The lowest BCUT2D eigenvalue weighted by atomic mass is 10.2. The van der Waals surface area contributed by atoms with Crippen molar-refractivity contribution < 1.29 is 5.11 Å². The molecule has 0 aromatic carbocycles. The first kappa shape index (κ1) is 9.73. The number of aromatic nitrogens is 3. The van der Waals surface area contributed by atoms with Crippen LogP contribution in [0.15, 0.2) is 30.6 Å². The molecule has 2 aromatic heterocycles. The van der Waals surface area contributed by atoms with E-state index in [2.05, 4.69) is 15.0 Å². The molecular weight excluding hydrogens is 190 g/mol. The summed E-state index contributed by atoms with van der Waals surface area (Å²) in [6.45, 7) is 1.80. The van der Waals surface area contributed by atoms with Crippen LogP contribution < -0.4 is 0 Å². The van der Waals surface area contributed by atoms with E-state index in [0.717, 1.165) is 11.3 Å². The Morgan fingerprint density at radius 1 is 1.33 bits per heavy atom. The Labute approximate surface area is 87.7 Å². The van der Waals surface area contributed by atoms with Crippen molar-refractivity contribution in [3.63, 3.8) is 0 Å². The van der Waals surface area contributed by atoms with Crippen LogP contribution in [0.2, 0.25) is 0 Å². The smallest absolute Gasteiger partial charge is 0.161 e. The lowest BCUT2D eigenvalue weighted by Crippen LogP contribution is -1.97. The lowest BCUT2D eigenvalue weighted by molar-refractivity contribution is 0.276. The minimum Gasteiger partial charge on any atom is -0.390 e. The molecule has 0 aliphatic carbocycles. The first-order chi connectivity index (χ1) is 7.29. The molecule has 1 N–H and O–H groups in total. The first-order valence-electron chi connectivity index (χ1n) is 4.65. The van der Waals surface area contributed by atoms with E-state index < -0.39 is 0 Å². The third-order valence-electron chi connectivity index (χ3n) is 1.99. The summed E-state index contributed by atoms with van der Waals surface area (Å²) in [6.07, 6.45) is 3.40. The van der Waals surface area contributed by atoms with Gasteiger partial charge in [0.2, 0.25) is 0 Å². The van der Waals surface area contributed by atoms with Gasteiger partial charge in [-0.15, -0.1) is 0 Å². The predicted molar refractivity (Wildman–Crippen MR) is 55.9 cm³/mol. The number of aliphatic hydroxyl groups is 1. The van der Waals surface area contributed by atoms with Crippen molar-refractivity contribution in [2.24, 2.45) is 0 Å². The van der Waals surface area contributed by atoms with E-state index in [4.69, 9.17) is 5.11 Å². The molecule has 0 fully saturated rings. The zero-order valence-corrected chi connectivity index (χ0v) is 8.38. The maximum absolute atomic E-state index is 9.03. The second kappa shape index (κ2) is 4.14. The van der Waals surface area contributed by atoms with Crippen LogP contribution >= 0.6 is 0 Å². The topological polar surface area (TPSA) is 58.9 Å². The van der Waals surface area contributed by atoms with E-state index in [-0.39, 0.29) is 6.61 Å². The fourth-order valence-corrected chi connectivity index (χ4v) is 1.34. The number of aryl methyl sites for hydroxylation is 1. The summed E-state index contributed by atoms with van der Waals surface area (Å²) in [4.78, 5) is 12.5. The molecule has 15 heavy (non-hydrogen) atoms. The Hall–Kier alpha value is -1.81. The van der Waals surface area contributed by atoms with Crippen LogP contribution in [0.5, 0.6) is 0 Å². The van der Waals surface area contributed by atoms with E-state index in [1.165, 1.54) is 0 Å². The van der Waals surface area contributed by atoms with E-state index in [1.54, 1.807) is 18.5 Å². The second-order valence-electron chi connectivity index (χ2n) is 3.22. The summed E-state index contributed by atoms with van der Waals surface area (Å²) in [5.74, 6) is 0.604. The van der Waals surface area contributed by atoms with Crippen LogP contribution in [0.4, 0.5) is 0 Å². The molecule has 0 bridgehead atoms. The van der Waals surface area contributed by atoms with Gasteiger partial charge in [0.15, 0.2) is 5.82 Å². The fourth-order valence-electron chi connectivity index (χ4n) is 1.34. The number of aliphatic hydroxyl groups excluding tert-OH is 1. The van der Waals surface area contributed by atoms with Crippen LogP contribution in [0.1, 0.15) is 11.4 Å². The SMILES string of the molecule is Cc1cc(CO)nc(-c2cccnc2)n1. The van der Waals surface area contributed by atoms with Crippen molar-refractivity contribution in [1.82, 2.24) is 15.0 Å². The van der Waals surface area contributed by atoms with Crippen molar-refractivity contribution >= 4 is 0 Å². The number of rotatable bonds is 2. The molecular formula is C11H11N3O. The highest BCUT2D eigenvalue weighted by atomic mass is 16.3. The highest BCUT2D eigenvalue weighted by molar-refractivity contribution is 5.53. The van der Waals surface area contributed by atoms with E-state index >= 15 is 0 Å². The van der Waals surface area contributed by atoms with Crippen molar-refractivity contribution in [3.05, 3.63) is 42.0 Å². The Balaban J connectivity index is 2.49. The molecule has 0 aliphatic rings. The van der Waals surface area contributed by atoms with Crippen LogP contribution in [0, 0.1) is 6.92 Å². The van der Waals surface area contributed by atoms with Gasteiger partial charge in [-0.25, -0.2) is 9.97 Å². The molecule has 0 saturated heterocycles. The van der Waals surface area contributed by atoms with Gasteiger partial charge in [0.1, 0.15) is 0 Å². The summed E-state index contributed by atoms with van der Waals surface area (Å²) in [6, 6.07) is 5.49. The zero-order chi connectivity index (χ0) is 10.7. The van der Waals surface area contributed by atoms with Crippen LogP contribution in [0.25, 0.3) is 11.4 Å². The molecule has 0 unspecified atom stereocenters. The predicted octanol–water partition coefficient (Wildman–Crippen LogP) is 1.34. The summed E-state index contributed by atoms with van der Waals surface area (Å²) in [5, 5.41) is 9.03. The molecule has 2 aromatic rings. The first-order valence-corrected chi connectivity index (χ1v) is 4.65. The van der Waals surface area contributed by atoms with Crippen LogP contribution in [0.3, 0.4) is 0 Å². The molecule has 4 heteroatoms. The van der Waals surface area contributed by atoms with Gasteiger partial charge in [-0.05, 0) is 25.1 Å². The molecule has 0 atom stereocenters. The quantitative estimate of drug-likeness (QED) is 0.796. The molecule has 0 radical (unpaired) electrons. The average molecular weight is 201 g/mol. The molecule has 0 amide bonds. The molecule has 2 rings (SSSR count). The van der Waals surface area contributed by atoms with Crippen LogP contribution in [-0.4, -0.2) is 20.1 Å². The Morgan fingerprint density at radius 2 is 2.20 bits per heavy atom. The Bertz CT molecular complexity index is 457. The van der Waals surface area contributed by atoms with Gasteiger partial charge < -0.3 is 5.11 Å². The van der Waals surface area contributed by atoms with Gasteiger partial charge in [0.25, 0.3) is 0 Å². The second-order valence-corrected chi connectivity index (χ2v) is 3.22. The Kier molecular flexibility index (Phi) is 2.69. The van der Waals surface area contributed by atoms with Crippen molar-refractivity contribution in [1.29, 1.82) is 0 Å². The third-order valence-corrected chi connectivity index (χ3v) is 1.99. The van der Waals surface area contributed by atoms with E-state index in [1.807, 2.05) is 19.1 Å². The van der Waals surface area contributed by atoms with Gasteiger partial charge in [-0.3, -0.25) is 4.98 Å².